The molecule has 9 nitrogen and oxygen atoms in total. The van der Waals surface area contributed by atoms with Gasteiger partial charge in [-0.3, -0.25) is 4.79 Å². The van der Waals surface area contributed by atoms with Crippen molar-refractivity contribution >= 4 is 12.0 Å². The molecule has 0 saturated carbocycles. The van der Waals surface area contributed by atoms with Gasteiger partial charge in [-0.1, -0.05) is 60.7 Å². The van der Waals surface area contributed by atoms with Gasteiger partial charge in [0.05, 0.1) is 33.5 Å². The van der Waals surface area contributed by atoms with Crippen molar-refractivity contribution in [1.29, 1.82) is 0 Å². The monoisotopic (exact) mass is 618 g/mol. The summed E-state index contributed by atoms with van der Waals surface area (Å²) in [5, 5.41) is 2.99. The second-order valence-electron chi connectivity index (χ2n) is 10.8. The van der Waals surface area contributed by atoms with Gasteiger partial charge >= 0.3 is 0 Å². The van der Waals surface area contributed by atoms with Crippen LogP contribution in [0.25, 0.3) is 6.08 Å². The quantitative estimate of drug-likeness (QED) is 0.114. The van der Waals surface area contributed by atoms with Crippen LogP contribution < -0.4 is 19.5 Å². The summed E-state index contributed by atoms with van der Waals surface area (Å²) in [6.07, 6.45) is 6.24. The zero-order chi connectivity index (χ0) is 31.7. The second-order valence-corrected chi connectivity index (χ2v) is 10.8. The Bertz CT molecular complexity index is 1250. The highest BCUT2D eigenvalue weighted by Crippen LogP contribution is 2.39. The standard InChI is InChI=1S/C36H46N2O7/c1-40-23-24-43-27-44-36-32(41-2)25-28(26-33(36)42-3)15-16-34(39)37-19-10-20-38-21-17-31(18-22-38)45-35(29-11-6-4-7-12-29)30-13-8-5-9-14-30/h4-9,11-16,25-26,31,35H,10,17-24,27H2,1-3H3,(H,37,39). The Labute approximate surface area is 267 Å². The highest BCUT2D eigenvalue weighted by molar-refractivity contribution is 5.91. The fourth-order valence-electron chi connectivity index (χ4n) is 5.25. The van der Waals surface area contributed by atoms with Crippen LogP contribution in [0.1, 0.15) is 42.1 Å². The maximum absolute atomic E-state index is 12.5. The van der Waals surface area contributed by atoms with Gasteiger partial charge in [-0.05, 0) is 60.7 Å². The van der Waals surface area contributed by atoms with E-state index in [2.05, 4.69) is 58.7 Å². The van der Waals surface area contributed by atoms with Crippen LogP contribution >= 0.6 is 0 Å². The molecule has 1 aliphatic rings. The van der Waals surface area contributed by atoms with Crippen molar-refractivity contribution in [2.24, 2.45) is 0 Å². The zero-order valence-corrected chi connectivity index (χ0v) is 26.6. The Morgan fingerprint density at radius 1 is 0.911 bits per heavy atom. The number of hydrogen-bond acceptors (Lipinski definition) is 8. The smallest absolute Gasteiger partial charge is 0.243 e. The lowest BCUT2D eigenvalue weighted by atomic mass is 10.00. The van der Waals surface area contributed by atoms with Gasteiger partial charge in [-0.25, -0.2) is 0 Å². The van der Waals surface area contributed by atoms with Crippen molar-refractivity contribution in [3.05, 3.63) is 95.6 Å². The number of benzene rings is 3. The zero-order valence-electron chi connectivity index (χ0n) is 26.6. The maximum Gasteiger partial charge on any atom is 0.243 e. The molecule has 45 heavy (non-hydrogen) atoms. The van der Waals surface area contributed by atoms with E-state index in [0.29, 0.717) is 37.0 Å². The van der Waals surface area contributed by atoms with E-state index >= 15 is 0 Å². The number of methoxy groups -OCH3 is 3. The summed E-state index contributed by atoms with van der Waals surface area (Å²) in [5.74, 6) is 1.24. The van der Waals surface area contributed by atoms with E-state index in [1.807, 2.05) is 12.1 Å². The Hall–Kier alpha value is -3.89. The molecule has 3 aromatic rings. The number of hydrogen-bond donors (Lipinski definition) is 1. The second kappa shape index (κ2) is 18.8. The third kappa shape index (κ3) is 10.9. The van der Waals surface area contributed by atoms with Gasteiger partial charge < -0.3 is 38.6 Å². The maximum atomic E-state index is 12.5. The van der Waals surface area contributed by atoms with E-state index in [1.165, 1.54) is 17.2 Å². The number of carbonyl (C=O) groups is 1. The largest absolute Gasteiger partial charge is 0.493 e. The SMILES string of the molecule is COCCOCOc1c(OC)cc(C=CC(=O)NCCCN2CCC(OC(c3ccccc3)c3ccccc3)CC2)cc1OC. The summed E-state index contributed by atoms with van der Waals surface area (Å²) >= 11 is 0. The third-order valence-corrected chi connectivity index (χ3v) is 7.65. The van der Waals surface area contributed by atoms with Gasteiger partial charge in [0.2, 0.25) is 11.7 Å². The van der Waals surface area contributed by atoms with Gasteiger partial charge in [0, 0.05) is 32.8 Å². The van der Waals surface area contributed by atoms with Crippen molar-refractivity contribution in [3.63, 3.8) is 0 Å². The van der Waals surface area contributed by atoms with E-state index in [0.717, 1.165) is 44.5 Å². The lowest BCUT2D eigenvalue weighted by Gasteiger charge is -2.34. The highest BCUT2D eigenvalue weighted by Gasteiger charge is 2.24. The van der Waals surface area contributed by atoms with Crippen LogP contribution in [0.5, 0.6) is 17.2 Å². The Kier molecular flexibility index (Phi) is 14.2. The van der Waals surface area contributed by atoms with E-state index in [1.54, 1.807) is 39.5 Å². The molecule has 1 amide bonds. The number of rotatable bonds is 18. The van der Waals surface area contributed by atoms with Crippen LogP contribution in [0.3, 0.4) is 0 Å². The predicted octanol–water partition coefficient (Wildman–Crippen LogP) is 5.49. The molecule has 242 valence electrons. The molecule has 1 heterocycles. The van der Waals surface area contributed by atoms with Crippen LogP contribution in [0.2, 0.25) is 0 Å². The summed E-state index contributed by atoms with van der Waals surface area (Å²) < 4.78 is 33.7. The molecule has 0 radical (unpaired) electrons. The first-order chi connectivity index (χ1) is 22.1. The van der Waals surface area contributed by atoms with Crippen LogP contribution in [0, 0.1) is 0 Å². The molecule has 1 saturated heterocycles. The molecule has 0 bridgehead atoms. The van der Waals surface area contributed by atoms with Crippen LogP contribution in [-0.4, -0.2) is 84.4 Å². The molecule has 1 N–H and O–H groups in total. The first-order valence-corrected chi connectivity index (χ1v) is 15.5. The van der Waals surface area contributed by atoms with Crippen molar-refractivity contribution in [3.8, 4) is 17.2 Å². The summed E-state index contributed by atoms with van der Waals surface area (Å²) in [6, 6.07) is 24.5. The molecular formula is C36H46N2O7. The lowest BCUT2D eigenvalue weighted by molar-refractivity contribution is -0.116. The van der Waals surface area contributed by atoms with Crippen molar-refractivity contribution in [1.82, 2.24) is 10.2 Å². The molecule has 0 aromatic heterocycles. The fraction of sp³-hybridized carbons (Fsp3) is 0.417. The van der Waals surface area contributed by atoms with E-state index in [9.17, 15) is 4.79 Å². The number of amides is 1. The Morgan fingerprint density at radius 2 is 1.53 bits per heavy atom. The molecule has 4 rings (SSSR count). The van der Waals surface area contributed by atoms with E-state index in [-0.39, 0.29) is 24.9 Å². The van der Waals surface area contributed by atoms with Crippen LogP contribution in [-0.2, 0) is 19.0 Å². The summed E-state index contributed by atoms with van der Waals surface area (Å²) in [6.45, 7) is 4.42. The summed E-state index contributed by atoms with van der Waals surface area (Å²) in [4.78, 5) is 15.0. The normalized spacial score (nSPS) is 14.1. The Morgan fingerprint density at radius 3 is 2.11 bits per heavy atom. The van der Waals surface area contributed by atoms with Gasteiger partial charge in [0.1, 0.15) is 6.10 Å². The Balaban J connectivity index is 1.18. The molecule has 0 aliphatic carbocycles. The topological polar surface area (TPSA) is 87.7 Å². The van der Waals surface area contributed by atoms with E-state index < -0.39 is 0 Å². The van der Waals surface area contributed by atoms with Crippen molar-refractivity contribution in [2.75, 3.05) is 67.5 Å². The molecule has 1 fully saturated rings. The van der Waals surface area contributed by atoms with Crippen LogP contribution in [0.15, 0.2) is 78.9 Å². The summed E-state index contributed by atoms with van der Waals surface area (Å²) in [7, 11) is 4.71. The minimum atomic E-state index is -0.153. The lowest BCUT2D eigenvalue weighted by Crippen LogP contribution is -2.39. The molecule has 3 aromatic carbocycles. The number of nitrogens with one attached hydrogen (secondary N) is 1. The van der Waals surface area contributed by atoms with Gasteiger partial charge in [-0.15, -0.1) is 0 Å². The predicted molar refractivity (Wildman–Crippen MR) is 175 cm³/mol. The van der Waals surface area contributed by atoms with Gasteiger partial charge in [0.25, 0.3) is 0 Å². The number of carbonyl (C=O) groups excluding carboxylic acids is 1. The van der Waals surface area contributed by atoms with Gasteiger partial charge in [-0.2, -0.15) is 0 Å². The fourth-order valence-corrected chi connectivity index (χ4v) is 5.25. The average Bonchev–Trinajstić information content (AvgIpc) is 3.09. The van der Waals surface area contributed by atoms with Crippen LogP contribution in [0.4, 0.5) is 0 Å². The molecule has 1 aliphatic heterocycles. The molecule has 0 unspecified atom stereocenters. The first-order valence-electron chi connectivity index (χ1n) is 15.5. The average molecular weight is 619 g/mol. The minimum absolute atomic E-state index is 0.0302. The molecule has 0 atom stereocenters. The number of piperidine rings is 1. The number of likely N-dealkylation sites (tertiary alicyclic amines) is 1. The molecule has 0 spiro atoms. The minimum Gasteiger partial charge on any atom is -0.493 e. The van der Waals surface area contributed by atoms with Gasteiger partial charge in [0.15, 0.2) is 18.3 Å². The first kappa shape index (κ1) is 34.0. The number of ether oxygens (including phenoxy) is 6. The number of nitrogens with zero attached hydrogens (tertiary/aromatic N) is 1. The highest BCUT2D eigenvalue weighted by atomic mass is 16.7. The molecule has 9 heteroatoms. The van der Waals surface area contributed by atoms with E-state index in [4.69, 9.17) is 28.4 Å². The van der Waals surface area contributed by atoms with Crippen molar-refractivity contribution in [2.45, 2.75) is 31.5 Å². The van der Waals surface area contributed by atoms with Crippen molar-refractivity contribution < 1.29 is 33.2 Å². The third-order valence-electron chi connectivity index (χ3n) is 7.65. The molecular weight excluding hydrogens is 572 g/mol. The summed E-state index contributed by atoms with van der Waals surface area (Å²) in [5.41, 5.74) is 3.11.